The standard InChI is InChI=1S/C51H32N2OS2/c1-51(2)38-22-21-34-31-11-3-7-15-41(31)53(50(34)49(38)37-27-47-48(28-39(37)51)56-46-18-10-9-17-45(46)55-47)30-19-23-42-35(25-30)32-12-4-6-14-40(32)52(42)29-20-24-44-36(26-29)33-13-5-8-16-43(33)54-44/h3-28H,1-2H3. The summed E-state index contributed by atoms with van der Waals surface area (Å²) in [4.78, 5) is 5.37. The van der Waals surface area contributed by atoms with Gasteiger partial charge in [-0.2, -0.15) is 0 Å². The van der Waals surface area contributed by atoms with Crippen molar-refractivity contribution in [3.63, 3.8) is 0 Å². The van der Waals surface area contributed by atoms with Gasteiger partial charge in [0.25, 0.3) is 0 Å². The van der Waals surface area contributed by atoms with Crippen LogP contribution >= 0.6 is 23.5 Å². The molecule has 8 aromatic carbocycles. The van der Waals surface area contributed by atoms with Crippen LogP contribution in [0.5, 0.6) is 0 Å². The fourth-order valence-electron chi connectivity index (χ4n) is 9.79. The molecule has 0 amide bonds. The van der Waals surface area contributed by atoms with Crippen LogP contribution in [0.15, 0.2) is 182 Å². The zero-order valence-electron chi connectivity index (χ0n) is 30.6. The number of hydrogen-bond donors (Lipinski definition) is 0. The van der Waals surface area contributed by atoms with E-state index in [1.165, 1.54) is 91.1 Å². The fourth-order valence-corrected chi connectivity index (χ4v) is 12.1. The first kappa shape index (κ1) is 31.1. The van der Waals surface area contributed by atoms with Crippen molar-refractivity contribution in [1.29, 1.82) is 0 Å². The van der Waals surface area contributed by atoms with Gasteiger partial charge in [0, 0.05) is 74.3 Å². The molecule has 0 saturated heterocycles. The Hall–Kier alpha value is -6.14. The van der Waals surface area contributed by atoms with Crippen LogP contribution in [0.2, 0.25) is 0 Å². The Kier molecular flexibility index (Phi) is 6.11. The molecule has 0 saturated carbocycles. The van der Waals surface area contributed by atoms with Crippen molar-refractivity contribution in [2.75, 3.05) is 0 Å². The second-order valence-electron chi connectivity index (χ2n) is 15.7. The van der Waals surface area contributed by atoms with Gasteiger partial charge in [-0.3, -0.25) is 0 Å². The Morgan fingerprint density at radius 2 is 1.02 bits per heavy atom. The predicted molar refractivity (Wildman–Crippen MR) is 235 cm³/mol. The molecule has 1 aliphatic carbocycles. The molecule has 2 aliphatic rings. The Balaban J connectivity index is 1.07. The molecule has 0 spiro atoms. The summed E-state index contributed by atoms with van der Waals surface area (Å²) in [6.45, 7) is 4.81. The van der Waals surface area contributed by atoms with E-state index < -0.39 is 0 Å². The van der Waals surface area contributed by atoms with Crippen LogP contribution in [0.3, 0.4) is 0 Å². The summed E-state index contributed by atoms with van der Waals surface area (Å²) < 4.78 is 11.2. The number of para-hydroxylation sites is 3. The van der Waals surface area contributed by atoms with Crippen molar-refractivity contribution in [2.24, 2.45) is 0 Å². The maximum Gasteiger partial charge on any atom is 0.135 e. The summed E-state index contributed by atoms with van der Waals surface area (Å²) in [6.07, 6.45) is 0. The van der Waals surface area contributed by atoms with Gasteiger partial charge in [0.05, 0.1) is 22.1 Å². The number of fused-ring (bicyclic) bond motifs is 15. The van der Waals surface area contributed by atoms with Crippen molar-refractivity contribution < 1.29 is 4.42 Å². The normalized spacial score (nSPS) is 14.2. The van der Waals surface area contributed by atoms with Gasteiger partial charge in [-0.1, -0.05) is 116 Å². The lowest BCUT2D eigenvalue weighted by Crippen LogP contribution is -2.15. The van der Waals surface area contributed by atoms with Crippen LogP contribution in [0.4, 0.5) is 0 Å². The highest BCUT2D eigenvalue weighted by atomic mass is 32.2. The van der Waals surface area contributed by atoms with Crippen LogP contribution in [0.25, 0.3) is 88.1 Å². The predicted octanol–water partition coefficient (Wildman–Crippen LogP) is 14.7. The van der Waals surface area contributed by atoms with Gasteiger partial charge in [-0.15, -0.1) is 0 Å². The molecule has 0 unspecified atom stereocenters. The smallest absolute Gasteiger partial charge is 0.135 e. The molecule has 264 valence electrons. The topological polar surface area (TPSA) is 23.0 Å². The van der Waals surface area contributed by atoms with Crippen molar-refractivity contribution in [3.05, 3.63) is 169 Å². The second-order valence-corrected chi connectivity index (χ2v) is 17.9. The molecule has 0 atom stereocenters. The van der Waals surface area contributed by atoms with Crippen molar-refractivity contribution >= 4 is 89.1 Å². The fraction of sp³-hybridized carbons (Fsp3) is 0.0588. The van der Waals surface area contributed by atoms with E-state index >= 15 is 0 Å². The first-order chi connectivity index (χ1) is 27.5. The van der Waals surface area contributed by atoms with Gasteiger partial charge >= 0.3 is 0 Å². The molecule has 13 rings (SSSR count). The molecular weight excluding hydrogens is 721 g/mol. The lowest BCUT2D eigenvalue weighted by molar-refractivity contribution is 0.658. The SMILES string of the molecule is CC1(C)c2cc3c(cc2-c2c1ccc1c4ccccc4n(-c4ccc5c(c4)c4ccccc4n5-c4ccc5oc6ccccc6c5c4)c21)Sc1ccccc1S3. The molecule has 0 fully saturated rings. The quantitative estimate of drug-likeness (QED) is 0.176. The van der Waals surface area contributed by atoms with Crippen molar-refractivity contribution in [3.8, 4) is 22.5 Å². The Labute approximate surface area is 331 Å². The number of hydrogen-bond acceptors (Lipinski definition) is 3. The summed E-state index contributed by atoms with van der Waals surface area (Å²) in [6, 6.07) is 58.3. The first-order valence-corrected chi connectivity index (χ1v) is 20.8. The Bertz CT molecular complexity index is 3530. The van der Waals surface area contributed by atoms with E-state index in [4.69, 9.17) is 4.42 Å². The van der Waals surface area contributed by atoms with Gasteiger partial charge in [0.1, 0.15) is 11.2 Å². The largest absolute Gasteiger partial charge is 0.456 e. The summed E-state index contributed by atoms with van der Waals surface area (Å²) in [5, 5.41) is 7.30. The molecule has 1 aliphatic heterocycles. The van der Waals surface area contributed by atoms with Crippen LogP contribution in [0, 0.1) is 0 Å². The van der Waals surface area contributed by atoms with Gasteiger partial charge < -0.3 is 13.6 Å². The van der Waals surface area contributed by atoms with E-state index in [9.17, 15) is 0 Å². The highest BCUT2D eigenvalue weighted by molar-refractivity contribution is 8.05. The third kappa shape index (κ3) is 4.06. The van der Waals surface area contributed by atoms with E-state index in [0.717, 1.165) is 27.6 Å². The Morgan fingerprint density at radius 3 is 1.82 bits per heavy atom. The average Bonchev–Trinajstić information content (AvgIpc) is 3.94. The number of benzene rings is 8. The highest BCUT2D eigenvalue weighted by Crippen LogP contribution is 2.58. The lowest BCUT2D eigenvalue weighted by Gasteiger charge is -2.24. The van der Waals surface area contributed by atoms with Crippen LogP contribution in [-0.2, 0) is 5.41 Å². The minimum absolute atomic E-state index is 0.143. The maximum atomic E-state index is 6.22. The van der Waals surface area contributed by atoms with E-state index in [1.807, 2.05) is 35.7 Å². The van der Waals surface area contributed by atoms with Crippen molar-refractivity contribution in [1.82, 2.24) is 9.13 Å². The molecule has 56 heavy (non-hydrogen) atoms. The summed E-state index contributed by atoms with van der Waals surface area (Å²) in [5.74, 6) is 0. The zero-order chi connectivity index (χ0) is 36.9. The summed E-state index contributed by atoms with van der Waals surface area (Å²) in [5.41, 5.74) is 14.3. The van der Waals surface area contributed by atoms with E-state index in [0.29, 0.717) is 0 Å². The highest BCUT2D eigenvalue weighted by Gasteiger charge is 2.39. The minimum atomic E-state index is -0.143. The van der Waals surface area contributed by atoms with Crippen LogP contribution < -0.4 is 0 Å². The van der Waals surface area contributed by atoms with Gasteiger partial charge in [0.2, 0.25) is 0 Å². The minimum Gasteiger partial charge on any atom is -0.456 e. The van der Waals surface area contributed by atoms with Gasteiger partial charge in [0.15, 0.2) is 0 Å². The maximum absolute atomic E-state index is 6.22. The number of rotatable bonds is 2. The summed E-state index contributed by atoms with van der Waals surface area (Å²) in [7, 11) is 0. The molecule has 5 heteroatoms. The first-order valence-electron chi connectivity index (χ1n) is 19.2. The molecule has 3 nitrogen and oxygen atoms in total. The lowest BCUT2D eigenvalue weighted by atomic mass is 9.82. The van der Waals surface area contributed by atoms with Crippen molar-refractivity contribution in [2.45, 2.75) is 38.8 Å². The monoisotopic (exact) mass is 752 g/mol. The van der Waals surface area contributed by atoms with E-state index in [1.54, 1.807) is 0 Å². The summed E-state index contributed by atoms with van der Waals surface area (Å²) >= 11 is 3.81. The molecule has 0 radical (unpaired) electrons. The van der Waals surface area contributed by atoms with Gasteiger partial charge in [-0.25, -0.2) is 0 Å². The molecule has 4 heterocycles. The molecule has 11 aromatic rings. The Morgan fingerprint density at radius 1 is 0.429 bits per heavy atom. The molecule has 3 aromatic heterocycles. The third-order valence-corrected chi connectivity index (χ3v) is 14.9. The van der Waals surface area contributed by atoms with E-state index in [2.05, 4.69) is 169 Å². The third-order valence-electron chi connectivity index (χ3n) is 12.4. The zero-order valence-corrected chi connectivity index (χ0v) is 32.3. The van der Waals surface area contributed by atoms with E-state index in [-0.39, 0.29) is 5.41 Å². The number of furan rings is 1. The van der Waals surface area contributed by atoms with Gasteiger partial charge in [-0.05, 0) is 95.6 Å². The van der Waals surface area contributed by atoms with Crippen LogP contribution in [-0.4, -0.2) is 9.13 Å². The molecule has 0 N–H and O–H groups in total. The molecule has 0 bridgehead atoms. The molecular formula is C51H32N2OS2. The number of aromatic nitrogens is 2. The second kappa shape index (κ2) is 11.0. The van der Waals surface area contributed by atoms with Crippen LogP contribution in [0.1, 0.15) is 25.0 Å². The average molecular weight is 753 g/mol. The number of nitrogens with zero attached hydrogens (tertiary/aromatic N) is 2.